The summed E-state index contributed by atoms with van der Waals surface area (Å²) in [6, 6.07) is 20.6. The van der Waals surface area contributed by atoms with Gasteiger partial charge in [-0.2, -0.15) is 0 Å². The van der Waals surface area contributed by atoms with Crippen molar-refractivity contribution in [1.29, 1.82) is 0 Å². The van der Waals surface area contributed by atoms with E-state index in [1.807, 2.05) is 29.2 Å². The molecule has 3 nitrogen and oxygen atoms in total. The number of rotatable bonds is 3. The highest BCUT2D eigenvalue weighted by Crippen LogP contribution is 2.34. The number of nitrogens with zero attached hydrogens (tertiary/aromatic N) is 1. The van der Waals surface area contributed by atoms with E-state index in [2.05, 4.69) is 36.4 Å². The number of amides is 1. The number of carbonyl (C=O) groups excluding carboxylic acids is 1. The van der Waals surface area contributed by atoms with Gasteiger partial charge in [-0.15, -0.1) is 11.3 Å². The van der Waals surface area contributed by atoms with E-state index in [-0.39, 0.29) is 5.91 Å². The second kappa shape index (κ2) is 6.38. The van der Waals surface area contributed by atoms with Crippen LogP contribution < -0.4 is 5.73 Å². The molecule has 0 unspecified atom stereocenters. The summed E-state index contributed by atoms with van der Waals surface area (Å²) in [4.78, 5) is 15.7. The molecule has 4 heteroatoms. The second-order valence-corrected chi connectivity index (χ2v) is 7.46. The predicted molar refractivity (Wildman–Crippen MR) is 99.5 cm³/mol. The predicted octanol–water partition coefficient (Wildman–Crippen LogP) is 3.72. The minimum atomic E-state index is 0.132. The lowest BCUT2D eigenvalue weighted by Gasteiger charge is -2.16. The molecule has 2 aromatic carbocycles. The number of nitrogens with two attached hydrogens (primary N) is 1. The molecule has 1 aromatic heterocycles. The molecule has 24 heavy (non-hydrogen) atoms. The third-order valence-electron chi connectivity index (χ3n) is 4.90. The number of carbonyl (C=O) groups is 1. The van der Waals surface area contributed by atoms with Crippen molar-refractivity contribution in [1.82, 2.24) is 4.90 Å². The molecule has 0 spiro atoms. The van der Waals surface area contributed by atoms with Gasteiger partial charge >= 0.3 is 0 Å². The zero-order chi connectivity index (χ0) is 16.5. The summed E-state index contributed by atoms with van der Waals surface area (Å²) in [5.74, 6) is 0.785. The largest absolute Gasteiger partial charge is 0.337 e. The third kappa shape index (κ3) is 2.72. The van der Waals surface area contributed by atoms with Crippen LogP contribution in [0.4, 0.5) is 0 Å². The van der Waals surface area contributed by atoms with Crippen LogP contribution in [0.25, 0.3) is 10.1 Å². The first-order valence-corrected chi connectivity index (χ1v) is 9.11. The van der Waals surface area contributed by atoms with Crippen molar-refractivity contribution in [3.8, 4) is 0 Å². The number of thiophene rings is 1. The minimum absolute atomic E-state index is 0.132. The van der Waals surface area contributed by atoms with Gasteiger partial charge in [0.15, 0.2) is 0 Å². The molecule has 0 radical (unpaired) electrons. The lowest BCUT2D eigenvalue weighted by molar-refractivity contribution is 0.0791. The quantitative estimate of drug-likeness (QED) is 0.792. The molecule has 122 valence electrons. The zero-order valence-corrected chi connectivity index (χ0v) is 14.2. The topological polar surface area (TPSA) is 46.3 Å². The molecule has 1 aliphatic rings. The molecule has 0 bridgehead atoms. The summed E-state index contributed by atoms with van der Waals surface area (Å²) in [6.45, 7) is 2.10. The van der Waals surface area contributed by atoms with Gasteiger partial charge < -0.3 is 10.6 Å². The zero-order valence-electron chi connectivity index (χ0n) is 13.4. The van der Waals surface area contributed by atoms with Gasteiger partial charge in [-0.3, -0.25) is 4.79 Å². The molecular weight excluding hydrogens is 316 g/mol. The van der Waals surface area contributed by atoms with Crippen molar-refractivity contribution in [3.05, 3.63) is 71.1 Å². The highest BCUT2D eigenvalue weighted by Gasteiger charge is 2.35. The summed E-state index contributed by atoms with van der Waals surface area (Å²) < 4.78 is 1.16. The molecule has 0 aliphatic carbocycles. The standard InChI is InChI=1S/C20H20N2OS/c21-11-16-12-22(13-17(16)14-6-2-1-3-7-14)20(23)19-10-15-8-4-5-9-18(15)24-19/h1-10,16-17H,11-13,21H2/t16-,17+/m1/s1. The van der Waals surface area contributed by atoms with E-state index < -0.39 is 0 Å². The van der Waals surface area contributed by atoms with E-state index in [9.17, 15) is 4.79 Å². The van der Waals surface area contributed by atoms with Gasteiger partial charge in [-0.25, -0.2) is 0 Å². The van der Waals surface area contributed by atoms with Crippen LogP contribution in [0.3, 0.4) is 0 Å². The summed E-state index contributed by atoms with van der Waals surface area (Å²) in [5, 5.41) is 1.14. The van der Waals surface area contributed by atoms with Gasteiger partial charge in [0.2, 0.25) is 0 Å². The Balaban J connectivity index is 1.59. The van der Waals surface area contributed by atoms with Crippen molar-refractivity contribution >= 4 is 27.3 Å². The van der Waals surface area contributed by atoms with Gasteiger partial charge in [0.05, 0.1) is 4.88 Å². The Morgan fingerprint density at radius 2 is 1.83 bits per heavy atom. The molecule has 2 atom stereocenters. The Bertz CT molecular complexity index is 825. The average molecular weight is 336 g/mol. The van der Waals surface area contributed by atoms with Gasteiger partial charge in [0.1, 0.15) is 0 Å². The summed E-state index contributed by atoms with van der Waals surface area (Å²) in [7, 11) is 0. The summed E-state index contributed by atoms with van der Waals surface area (Å²) in [6.07, 6.45) is 0. The van der Waals surface area contributed by atoms with Crippen molar-refractivity contribution in [3.63, 3.8) is 0 Å². The molecule has 3 aromatic rings. The smallest absolute Gasteiger partial charge is 0.263 e. The van der Waals surface area contributed by atoms with Crippen molar-refractivity contribution in [2.75, 3.05) is 19.6 Å². The number of fused-ring (bicyclic) bond motifs is 1. The monoisotopic (exact) mass is 336 g/mol. The highest BCUT2D eigenvalue weighted by atomic mass is 32.1. The van der Waals surface area contributed by atoms with Crippen LogP contribution >= 0.6 is 11.3 Å². The first kappa shape index (κ1) is 15.4. The fourth-order valence-corrected chi connectivity index (χ4v) is 4.63. The van der Waals surface area contributed by atoms with E-state index in [4.69, 9.17) is 5.73 Å². The summed E-state index contributed by atoms with van der Waals surface area (Å²) >= 11 is 1.58. The van der Waals surface area contributed by atoms with Crippen LogP contribution in [0.15, 0.2) is 60.7 Å². The first-order valence-electron chi connectivity index (χ1n) is 8.29. The molecule has 1 saturated heterocycles. The summed E-state index contributed by atoms with van der Waals surface area (Å²) in [5.41, 5.74) is 7.27. The molecule has 0 saturated carbocycles. The SMILES string of the molecule is NC[C@@H]1CN(C(=O)c2cc3ccccc3s2)C[C@H]1c1ccccc1. The van der Waals surface area contributed by atoms with Crippen LogP contribution in [0, 0.1) is 5.92 Å². The molecule has 4 rings (SSSR count). The maximum absolute atomic E-state index is 13.0. The van der Waals surface area contributed by atoms with Gasteiger partial charge in [-0.1, -0.05) is 48.5 Å². The van der Waals surface area contributed by atoms with Gasteiger partial charge in [0.25, 0.3) is 5.91 Å². The third-order valence-corrected chi connectivity index (χ3v) is 6.00. The molecular formula is C20H20N2OS. The lowest BCUT2D eigenvalue weighted by atomic mass is 9.89. The minimum Gasteiger partial charge on any atom is -0.337 e. The Morgan fingerprint density at radius 1 is 1.08 bits per heavy atom. The van der Waals surface area contributed by atoms with Crippen LogP contribution in [0.5, 0.6) is 0 Å². The van der Waals surface area contributed by atoms with Crippen molar-refractivity contribution < 1.29 is 4.79 Å². The van der Waals surface area contributed by atoms with Gasteiger partial charge in [-0.05, 0) is 35.5 Å². The lowest BCUT2D eigenvalue weighted by Crippen LogP contribution is -2.29. The molecule has 2 heterocycles. The number of likely N-dealkylation sites (tertiary alicyclic amines) is 1. The average Bonchev–Trinajstić information content (AvgIpc) is 3.26. The van der Waals surface area contributed by atoms with E-state index >= 15 is 0 Å². The van der Waals surface area contributed by atoms with E-state index in [1.165, 1.54) is 5.56 Å². The Kier molecular flexibility index (Phi) is 4.08. The van der Waals surface area contributed by atoms with Crippen molar-refractivity contribution in [2.24, 2.45) is 11.7 Å². The van der Waals surface area contributed by atoms with E-state index in [0.29, 0.717) is 18.4 Å². The molecule has 1 amide bonds. The van der Waals surface area contributed by atoms with Crippen LogP contribution in [0.2, 0.25) is 0 Å². The van der Waals surface area contributed by atoms with Gasteiger partial charge in [0, 0.05) is 23.7 Å². The Morgan fingerprint density at radius 3 is 2.58 bits per heavy atom. The molecule has 2 N–H and O–H groups in total. The van der Waals surface area contributed by atoms with E-state index in [0.717, 1.165) is 28.1 Å². The van der Waals surface area contributed by atoms with Crippen LogP contribution in [-0.2, 0) is 0 Å². The maximum Gasteiger partial charge on any atom is 0.263 e. The first-order chi connectivity index (χ1) is 11.8. The van der Waals surface area contributed by atoms with Crippen molar-refractivity contribution in [2.45, 2.75) is 5.92 Å². The number of benzene rings is 2. The van der Waals surface area contributed by atoms with Crippen LogP contribution in [0.1, 0.15) is 21.2 Å². The Labute approximate surface area is 145 Å². The van der Waals surface area contributed by atoms with E-state index in [1.54, 1.807) is 11.3 Å². The number of hydrogen-bond donors (Lipinski definition) is 1. The normalized spacial score (nSPS) is 20.6. The highest BCUT2D eigenvalue weighted by molar-refractivity contribution is 7.20. The Hall–Kier alpha value is -2.17. The molecule has 1 aliphatic heterocycles. The maximum atomic E-state index is 13.0. The fraction of sp³-hybridized carbons (Fsp3) is 0.250. The second-order valence-electron chi connectivity index (χ2n) is 6.37. The molecule has 1 fully saturated rings. The van der Waals surface area contributed by atoms with Crippen LogP contribution in [-0.4, -0.2) is 30.4 Å². The number of hydrogen-bond acceptors (Lipinski definition) is 3. The fourth-order valence-electron chi connectivity index (χ4n) is 3.60.